The second-order valence-corrected chi connectivity index (χ2v) is 5.20. The first-order valence-corrected chi connectivity index (χ1v) is 7.22. The van der Waals surface area contributed by atoms with Crippen LogP contribution < -0.4 is 14.8 Å². The van der Waals surface area contributed by atoms with Crippen LogP contribution in [0.3, 0.4) is 0 Å². The average Bonchev–Trinajstić information content (AvgIpc) is 2.54. The van der Waals surface area contributed by atoms with Gasteiger partial charge in [0.2, 0.25) is 0 Å². The third-order valence-corrected chi connectivity index (χ3v) is 3.70. The molecule has 0 fully saturated rings. The maximum atomic E-state index is 12.3. The van der Waals surface area contributed by atoms with E-state index in [0.29, 0.717) is 22.1 Å². The van der Waals surface area contributed by atoms with Crippen molar-refractivity contribution in [2.75, 3.05) is 14.2 Å². The SMILES string of the molecule is COc1ccc([C@H](C)NC(=O)c2ccccc2Cl)cc1OC. The van der Waals surface area contributed by atoms with E-state index in [2.05, 4.69) is 5.32 Å². The van der Waals surface area contributed by atoms with E-state index < -0.39 is 0 Å². The predicted octanol–water partition coefficient (Wildman–Crippen LogP) is 3.85. The molecule has 1 atom stereocenters. The van der Waals surface area contributed by atoms with Gasteiger partial charge in [-0.15, -0.1) is 0 Å². The lowest BCUT2D eigenvalue weighted by Crippen LogP contribution is -2.26. The van der Waals surface area contributed by atoms with Crippen molar-refractivity contribution in [2.45, 2.75) is 13.0 Å². The van der Waals surface area contributed by atoms with Gasteiger partial charge in [-0.05, 0) is 36.8 Å². The highest BCUT2D eigenvalue weighted by molar-refractivity contribution is 6.33. The van der Waals surface area contributed by atoms with Gasteiger partial charge in [-0.25, -0.2) is 0 Å². The highest BCUT2D eigenvalue weighted by atomic mass is 35.5. The van der Waals surface area contributed by atoms with Crippen molar-refractivity contribution in [3.05, 3.63) is 58.6 Å². The van der Waals surface area contributed by atoms with Crippen LogP contribution in [0.15, 0.2) is 42.5 Å². The smallest absolute Gasteiger partial charge is 0.253 e. The standard InChI is InChI=1S/C17H18ClNO3/c1-11(12-8-9-15(21-2)16(10-12)22-3)19-17(20)13-6-4-5-7-14(13)18/h4-11H,1-3H3,(H,19,20)/t11-/m0/s1. The zero-order valence-corrected chi connectivity index (χ0v) is 13.5. The average molecular weight is 320 g/mol. The molecule has 1 amide bonds. The number of rotatable bonds is 5. The molecule has 1 N–H and O–H groups in total. The van der Waals surface area contributed by atoms with Crippen LogP contribution in [0.1, 0.15) is 28.9 Å². The van der Waals surface area contributed by atoms with Crippen LogP contribution in [0.5, 0.6) is 11.5 Å². The molecule has 5 heteroatoms. The molecule has 0 aromatic heterocycles. The van der Waals surface area contributed by atoms with Crippen molar-refractivity contribution < 1.29 is 14.3 Å². The van der Waals surface area contributed by atoms with E-state index in [1.54, 1.807) is 38.5 Å². The van der Waals surface area contributed by atoms with Crippen LogP contribution in [-0.2, 0) is 0 Å². The van der Waals surface area contributed by atoms with Crippen LogP contribution >= 0.6 is 11.6 Å². The van der Waals surface area contributed by atoms with E-state index in [1.165, 1.54) is 0 Å². The van der Waals surface area contributed by atoms with Gasteiger partial charge in [-0.1, -0.05) is 29.8 Å². The molecule has 2 aromatic rings. The van der Waals surface area contributed by atoms with Gasteiger partial charge in [0, 0.05) is 0 Å². The Labute approximate surface area is 135 Å². The lowest BCUT2D eigenvalue weighted by atomic mass is 10.1. The van der Waals surface area contributed by atoms with Crippen molar-refractivity contribution in [1.82, 2.24) is 5.32 Å². The molecule has 116 valence electrons. The third-order valence-electron chi connectivity index (χ3n) is 3.37. The normalized spacial score (nSPS) is 11.6. The molecule has 0 aliphatic rings. The maximum Gasteiger partial charge on any atom is 0.253 e. The number of hydrogen-bond acceptors (Lipinski definition) is 3. The van der Waals surface area contributed by atoms with Crippen molar-refractivity contribution in [3.8, 4) is 11.5 Å². The molecule has 22 heavy (non-hydrogen) atoms. The zero-order valence-electron chi connectivity index (χ0n) is 12.7. The van der Waals surface area contributed by atoms with Gasteiger partial charge in [0.1, 0.15) is 0 Å². The summed E-state index contributed by atoms with van der Waals surface area (Å²) in [7, 11) is 3.16. The fourth-order valence-electron chi connectivity index (χ4n) is 2.13. The summed E-state index contributed by atoms with van der Waals surface area (Å²) >= 11 is 6.04. The van der Waals surface area contributed by atoms with Crippen LogP contribution in [0.25, 0.3) is 0 Å². The molecule has 2 rings (SSSR count). The highest BCUT2D eigenvalue weighted by Gasteiger charge is 2.15. The molecule has 0 aliphatic carbocycles. The maximum absolute atomic E-state index is 12.3. The number of methoxy groups -OCH3 is 2. The van der Waals surface area contributed by atoms with E-state index in [1.807, 2.05) is 25.1 Å². The fourth-order valence-corrected chi connectivity index (χ4v) is 2.35. The summed E-state index contributed by atoms with van der Waals surface area (Å²) < 4.78 is 10.5. The number of carbonyl (C=O) groups is 1. The number of benzene rings is 2. The summed E-state index contributed by atoms with van der Waals surface area (Å²) in [6, 6.07) is 12.3. The molecule has 0 bridgehead atoms. The highest BCUT2D eigenvalue weighted by Crippen LogP contribution is 2.30. The van der Waals surface area contributed by atoms with Crippen LogP contribution in [0, 0.1) is 0 Å². The van der Waals surface area contributed by atoms with E-state index in [0.717, 1.165) is 5.56 Å². The van der Waals surface area contributed by atoms with Crippen molar-refractivity contribution in [3.63, 3.8) is 0 Å². The molecule has 0 aliphatic heterocycles. The Bertz CT molecular complexity index is 673. The summed E-state index contributed by atoms with van der Waals surface area (Å²) in [6.07, 6.45) is 0. The molecule has 0 heterocycles. The van der Waals surface area contributed by atoms with Crippen molar-refractivity contribution in [1.29, 1.82) is 0 Å². The Morgan fingerprint density at radius 2 is 1.77 bits per heavy atom. The Balaban J connectivity index is 2.17. The predicted molar refractivity (Wildman–Crippen MR) is 86.9 cm³/mol. The van der Waals surface area contributed by atoms with Gasteiger partial charge in [0.05, 0.1) is 30.8 Å². The van der Waals surface area contributed by atoms with Crippen molar-refractivity contribution >= 4 is 17.5 Å². The van der Waals surface area contributed by atoms with Gasteiger partial charge in [0.25, 0.3) is 5.91 Å². The van der Waals surface area contributed by atoms with Gasteiger partial charge in [0.15, 0.2) is 11.5 Å². The molecule has 0 spiro atoms. The fraction of sp³-hybridized carbons (Fsp3) is 0.235. The molecule has 0 radical (unpaired) electrons. The number of halogens is 1. The second-order valence-electron chi connectivity index (χ2n) is 4.79. The molecule has 0 saturated heterocycles. The van der Waals surface area contributed by atoms with Crippen LogP contribution in [-0.4, -0.2) is 20.1 Å². The minimum absolute atomic E-state index is 0.191. The summed E-state index contributed by atoms with van der Waals surface area (Å²) in [5, 5.41) is 3.35. The Morgan fingerprint density at radius 1 is 1.09 bits per heavy atom. The Kier molecular flexibility index (Phi) is 5.28. The molecular weight excluding hydrogens is 302 g/mol. The number of hydrogen-bond donors (Lipinski definition) is 1. The quantitative estimate of drug-likeness (QED) is 0.910. The molecular formula is C17H18ClNO3. The van der Waals surface area contributed by atoms with E-state index in [9.17, 15) is 4.79 Å². The van der Waals surface area contributed by atoms with Gasteiger partial charge >= 0.3 is 0 Å². The molecule has 0 unspecified atom stereocenters. The van der Waals surface area contributed by atoms with Gasteiger partial charge in [-0.2, -0.15) is 0 Å². The minimum Gasteiger partial charge on any atom is -0.493 e. The monoisotopic (exact) mass is 319 g/mol. The topological polar surface area (TPSA) is 47.6 Å². The van der Waals surface area contributed by atoms with E-state index in [-0.39, 0.29) is 11.9 Å². The number of nitrogens with one attached hydrogen (secondary N) is 1. The lowest BCUT2D eigenvalue weighted by Gasteiger charge is -2.17. The summed E-state index contributed by atoms with van der Waals surface area (Å²) in [5.74, 6) is 1.06. The first-order chi connectivity index (χ1) is 10.6. The lowest BCUT2D eigenvalue weighted by molar-refractivity contribution is 0.0940. The van der Waals surface area contributed by atoms with E-state index >= 15 is 0 Å². The van der Waals surface area contributed by atoms with Crippen LogP contribution in [0.2, 0.25) is 5.02 Å². The summed E-state index contributed by atoms with van der Waals surface area (Å²) in [6.45, 7) is 1.90. The number of carbonyl (C=O) groups excluding carboxylic acids is 1. The largest absolute Gasteiger partial charge is 0.493 e. The molecule has 4 nitrogen and oxygen atoms in total. The van der Waals surface area contributed by atoms with Crippen LogP contribution in [0.4, 0.5) is 0 Å². The zero-order chi connectivity index (χ0) is 16.1. The Morgan fingerprint density at radius 3 is 2.41 bits per heavy atom. The summed E-state index contributed by atoms with van der Waals surface area (Å²) in [4.78, 5) is 12.3. The van der Waals surface area contributed by atoms with Crippen molar-refractivity contribution in [2.24, 2.45) is 0 Å². The van der Waals surface area contributed by atoms with Gasteiger partial charge < -0.3 is 14.8 Å². The Hall–Kier alpha value is -2.20. The third kappa shape index (κ3) is 3.52. The number of ether oxygens (including phenoxy) is 2. The summed E-state index contributed by atoms with van der Waals surface area (Å²) in [5.41, 5.74) is 1.37. The number of amides is 1. The molecule has 2 aromatic carbocycles. The van der Waals surface area contributed by atoms with E-state index in [4.69, 9.17) is 21.1 Å². The first-order valence-electron chi connectivity index (χ1n) is 6.84. The molecule has 0 saturated carbocycles. The first kappa shape index (κ1) is 16.2. The second kappa shape index (κ2) is 7.18. The minimum atomic E-state index is -0.215. The van der Waals surface area contributed by atoms with Gasteiger partial charge in [-0.3, -0.25) is 4.79 Å².